The molecular formula is C12H13FN2O3. The van der Waals surface area contributed by atoms with Crippen LogP contribution in [0.5, 0.6) is 0 Å². The molecule has 0 saturated heterocycles. The molecule has 0 spiro atoms. The molecule has 1 atom stereocenters. The fraction of sp³-hybridized carbons (Fsp3) is 0.333. The van der Waals surface area contributed by atoms with Crippen molar-refractivity contribution in [2.75, 3.05) is 17.2 Å². The smallest absolute Gasteiger partial charge is 0.308 e. The van der Waals surface area contributed by atoms with E-state index in [0.29, 0.717) is 11.4 Å². The monoisotopic (exact) mass is 252 g/mol. The molecule has 0 aromatic heterocycles. The summed E-state index contributed by atoms with van der Waals surface area (Å²) >= 11 is 0. The van der Waals surface area contributed by atoms with Gasteiger partial charge in [-0.2, -0.15) is 0 Å². The number of amides is 1. The predicted molar refractivity (Wildman–Crippen MR) is 63.7 cm³/mol. The number of ether oxygens (including phenoxy) is 1. The molecule has 0 fully saturated rings. The predicted octanol–water partition coefficient (Wildman–Crippen LogP) is 1.51. The minimum Gasteiger partial charge on any atom is -0.466 e. The zero-order valence-corrected chi connectivity index (χ0v) is 9.83. The van der Waals surface area contributed by atoms with Crippen LogP contribution in [0.15, 0.2) is 18.2 Å². The van der Waals surface area contributed by atoms with Gasteiger partial charge in [0.05, 0.1) is 24.4 Å². The number of rotatable bonds is 3. The minimum absolute atomic E-state index is 0.0877. The largest absolute Gasteiger partial charge is 0.466 e. The fourth-order valence-corrected chi connectivity index (χ4v) is 1.75. The summed E-state index contributed by atoms with van der Waals surface area (Å²) in [6, 6.07) is 3.26. The molecule has 96 valence electrons. The summed E-state index contributed by atoms with van der Waals surface area (Å²) in [5.41, 5.74) is 0.963. The molecule has 1 aromatic carbocycles. The highest BCUT2D eigenvalue weighted by molar-refractivity contribution is 6.04. The number of carbonyl (C=O) groups is 2. The van der Waals surface area contributed by atoms with E-state index in [4.69, 9.17) is 4.74 Å². The van der Waals surface area contributed by atoms with Crippen LogP contribution >= 0.6 is 0 Å². The van der Waals surface area contributed by atoms with E-state index in [1.165, 1.54) is 18.2 Å². The van der Waals surface area contributed by atoms with Crippen LogP contribution in [0.1, 0.15) is 13.3 Å². The summed E-state index contributed by atoms with van der Waals surface area (Å²) in [6.07, 6.45) is -0.0877. The Kier molecular flexibility index (Phi) is 3.45. The molecule has 0 saturated carbocycles. The molecular weight excluding hydrogens is 239 g/mol. The molecule has 1 aromatic rings. The lowest BCUT2D eigenvalue weighted by Gasteiger charge is -2.26. The van der Waals surface area contributed by atoms with Crippen LogP contribution in [0.2, 0.25) is 0 Å². The summed E-state index contributed by atoms with van der Waals surface area (Å²) in [4.78, 5) is 23.0. The van der Waals surface area contributed by atoms with Crippen molar-refractivity contribution in [2.45, 2.75) is 19.4 Å². The number of anilines is 2. The van der Waals surface area contributed by atoms with E-state index < -0.39 is 17.8 Å². The van der Waals surface area contributed by atoms with Crippen molar-refractivity contribution in [1.29, 1.82) is 0 Å². The first-order chi connectivity index (χ1) is 8.60. The quantitative estimate of drug-likeness (QED) is 0.800. The second-order valence-electron chi connectivity index (χ2n) is 3.89. The molecule has 6 heteroatoms. The molecule has 0 radical (unpaired) electrons. The number of hydrogen-bond donors (Lipinski definition) is 2. The molecule has 1 unspecified atom stereocenters. The zero-order chi connectivity index (χ0) is 13.1. The van der Waals surface area contributed by atoms with Gasteiger partial charge in [-0.1, -0.05) is 0 Å². The van der Waals surface area contributed by atoms with E-state index in [-0.39, 0.29) is 18.9 Å². The van der Waals surface area contributed by atoms with Gasteiger partial charge in [-0.05, 0) is 25.1 Å². The van der Waals surface area contributed by atoms with E-state index in [1.807, 2.05) is 0 Å². The van der Waals surface area contributed by atoms with Crippen molar-refractivity contribution in [1.82, 2.24) is 0 Å². The third kappa shape index (κ3) is 2.58. The number of nitrogens with one attached hydrogen (secondary N) is 2. The van der Waals surface area contributed by atoms with Crippen molar-refractivity contribution in [2.24, 2.45) is 0 Å². The molecule has 1 aliphatic heterocycles. The first-order valence-electron chi connectivity index (χ1n) is 5.62. The van der Waals surface area contributed by atoms with E-state index >= 15 is 0 Å². The maximum absolute atomic E-state index is 13.1. The number of carbonyl (C=O) groups excluding carboxylic acids is 2. The van der Waals surface area contributed by atoms with Gasteiger partial charge in [0.2, 0.25) is 5.91 Å². The highest BCUT2D eigenvalue weighted by atomic mass is 19.1. The Morgan fingerprint density at radius 3 is 2.94 bits per heavy atom. The first-order valence-corrected chi connectivity index (χ1v) is 5.62. The number of fused-ring (bicyclic) bond motifs is 1. The van der Waals surface area contributed by atoms with E-state index in [9.17, 15) is 14.0 Å². The van der Waals surface area contributed by atoms with Gasteiger partial charge in [0, 0.05) is 0 Å². The normalized spacial score (nSPS) is 17.4. The summed E-state index contributed by atoms with van der Waals surface area (Å²) in [5.74, 6) is -1.21. The highest BCUT2D eigenvalue weighted by Gasteiger charge is 2.28. The van der Waals surface area contributed by atoms with Crippen LogP contribution in [0, 0.1) is 5.82 Å². The molecule has 0 aliphatic carbocycles. The number of hydrogen-bond acceptors (Lipinski definition) is 4. The first kappa shape index (κ1) is 12.3. The molecule has 1 heterocycles. The second-order valence-corrected chi connectivity index (χ2v) is 3.89. The van der Waals surface area contributed by atoms with E-state index in [0.717, 1.165) is 0 Å². The molecule has 18 heavy (non-hydrogen) atoms. The second kappa shape index (κ2) is 5.03. The van der Waals surface area contributed by atoms with Gasteiger partial charge in [0.15, 0.2) is 0 Å². The van der Waals surface area contributed by atoms with Crippen molar-refractivity contribution >= 4 is 23.3 Å². The number of benzene rings is 1. The topological polar surface area (TPSA) is 67.4 Å². The maximum atomic E-state index is 13.1. The lowest BCUT2D eigenvalue weighted by molar-refractivity contribution is -0.144. The maximum Gasteiger partial charge on any atom is 0.308 e. The Balaban J connectivity index is 2.12. The summed E-state index contributed by atoms with van der Waals surface area (Å²) in [5, 5.41) is 5.43. The van der Waals surface area contributed by atoms with Gasteiger partial charge in [-0.15, -0.1) is 0 Å². The van der Waals surface area contributed by atoms with E-state index in [2.05, 4.69) is 10.6 Å². The Morgan fingerprint density at radius 1 is 1.44 bits per heavy atom. The SMILES string of the molecule is CCOC(=O)CC1Nc2cc(F)ccc2NC1=O. The van der Waals surface area contributed by atoms with Crippen LogP contribution in [-0.4, -0.2) is 24.5 Å². The van der Waals surface area contributed by atoms with Crippen LogP contribution in [0.4, 0.5) is 15.8 Å². The summed E-state index contributed by atoms with van der Waals surface area (Å²) in [7, 11) is 0. The zero-order valence-electron chi connectivity index (χ0n) is 9.83. The van der Waals surface area contributed by atoms with Crippen molar-refractivity contribution in [3.63, 3.8) is 0 Å². The third-order valence-corrected chi connectivity index (χ3v) is 2.56. The van der Waals surface area contributed by atoms with Crippen molar-refractivity contribution in [3.8, 4) is 0 Å². The number of halogens is 1. The average molecular weight is 252 g/mol. The van der Waals surface area contributed by atoms with Gasteiger partial charge in [0.1, 0.15) is 11.9 Å². The Labute approximate surface area is 103 Å². The lowest BCUT2D eigenvalue weighted by Crippen LogP contribution is -2.40. The van der Waals surface area contributed by atoms with Gasteiger partial charge in [0.25, 0.3) is 0 Å². The Bertz CT molecular complexity index is 490. The van der Waals surface area contributed by atoms with Crippen LogP contribution < -0.4 is 10.6 Å². The van der Waals surface area contributed by atoms with Crippen molar-refractivity contribution < 1.29 is 18.7 Å². The Morgan fingerprint density at radius 2 is 2.22 bits per heavy atom. The lowest BCUT2D eigenvalue weighted by atomic mass is 10.1. The van der Waals surface area contributed by atoms with Gasteiger partial charge >= 0.3 is 5.97 Å². The third-order valence-electron chi connectivity index (χ3n) is 2.56. The van der Waals surface area contributed by atoms with Crippen LogP contribution in [0.25, 0.3) is 0 Å². The molecule has 2 rings (SSSR count). The van der Waals surface area contributed by atoms with Gasteiger partial charge in [-0.3, -0.25) is 9.59 Å². The van der Waals surface area contributed by atoms with Crippen molar-refractivity contribution in [3.05, 3.63) is 24.0 Å². The summed E-state index contributed by atoms with van der Waals surface area (Å²) < 4.78 is 17.8. The summed E-state index contributed by atoms with van der Waals surface area (Å²) in [6.45, 7) is 1.95. The standard InChI is InChI=1S/C12H13FN2O3/c1-2-18-11(16)6-10-12(17)15-8-4-3-7(13)5-9(8)14-10/h3-5,10,14H,2,6H2,1H3,(H,15,17). The fourth-order valence-electron chi connectivity index (χ4n) is 1.75. The molecule has 1 aliphatic rings. The Hall–Kier alpha value is -2.11. The van der Waals surface area contributed by atoms with Crippen LogP contribution in [-0.2, 0) is 14.3 Å². The van der Waals surface area contributed by atoms with E-state index in [1.54, 1.807) is 6.92 Å². The molecule has 1 amide bonds. The highest BCUT2D eigenvalue weighted by Crippen LogP contribution is 2.28. The number of esters is 1. The molecule has 5 nitrogen and oxygen atoms in total. The van der Waals surface area contributed by atoms with Gasteiger partial charge < -0.3 is 15.4 Å². The molecule has 0 bridgehead atoms. The van der Waals surface area contributed by atoms with Crippen LogP contribution in [0.3, 0.4) is 0 Å². The van der Waals surface area contributed by atoms with Gasteiger partial charge in [-0.25, -0.2) is 4.39 Å². The average Bonchev–Trinajstić information content (AvgIpc) is 2.31. The minimum atomic E-state index is -0.738. The molecule has 2 N–H and O–H groups in total.